The van der Waals surface area contributed by atoms with Gasteiger partial charge in [0.2, 0.25) is 0 Å². The van der Waals surface area contributed by atoms with Crippen molar-refractivity contribution in [1.82, 2.24) is 0 Å². The average Bonchev–Trinajstić information content (AvgIpc) is 2.70. The third-order valence-corrected chi connectivity index (χ3v) is 3.12. The maximum atomic E-state index is 8.87. The lowest BCUT2D eigenvalue weighted by Gasteiger charge is -2.35. The van der Waals surface area contributed by atoms with Crippen LogP contribution in [0.3, 0.4) is 0 Å². The first-order chi connectivity index (χ1) is 7.35. The maximum absolute atomic E-state index is 8.87. The van der Waals surface area contributed by atoms with E-state index in [9.17, 15) is 0 Å². The lowest BCUT2D eigenvalue weighted by Crippen LogP contribution is -2.36. The van der Waals surface area contributed by atoms with Gasteiger partial charge in [-0.05, 0) is 25.2 Å². The minimum absolute atomic E-state index is 0.266. The Bertz CT molecular complexity index is 162. The fraction of sp³-hybridized carbons (Fsp3) is 1.00. The number of rotatable bonds is 2. The third kappa shape index (κ3) is 3.44. The van der Waals surface area contributed by atoms with Gasteiger partial charge in [0.05, 0.1) is 13.2 Å². The summed E-state index contributed by atoms with van der Waals surface area (Å²) in [5.41, 5.74) is 0. The number of aliphatic hydroxyl groups is 1. The Morgan fingerprint density at radius 3 is 2.53 bits per heavy atom. The first kappa shape index (κ1) is 12.9. The largest absolute Gasteiger partial charge is 0.396 e. The second-order valence-corrected chi connectivity index (χ2v) is 4.08. The molecule has 1 aliphatic carbocycles. The van der Waals surface area contributed by atoms with Gasteiger partial charge in [0, 0.05) is 19.4 Å². The molecule has 2 rings (SSSR count). The van der Waals surface area contributed by atoms with E-state index in [0.717, 1.165) is 32.5 Å². The van der Waals surface area contributed by atoms with Crippen LogP contribution in [0.1, 0.15) is 46.0 Å². The molecule has 0 aromatic heterocycles. The summed E-state index contributed by atoms with van der Waals surface area (Å²) < 4.78 is 11.3. The van der Waals surface area contributed by atoms with Crippen LogP contribution in [-0.2, 0) is 9.47 Å². The van der Waals surface area contributed by atoms with E-state index in [1.165, 1.54) is 12.8 Å². The molecule has 0 aromatic rings. The minimum Gasteiger partial charge on any atom is -0.396 e. The predicted molar refractivity (Wildman–Crippen MR) is 59.6 cm³/mol. The van der Waals surface area contributed by atoms with Crippen LogP contribution in [0.5, 0.6) is 0 Å². The van der Waals surface area contributed by atoms with Crippen LogP contribution in [0.15, 0.2) is 0 Å². The Kier molecular flexibility index (Phi) is 5.58. The lowest BCUT2D eigenvalue weighted by atomic mass is 9.83. The Hall–Kier alpha value is -0.120. The molecule has 1 saturated carbocycles. The second-order valence-electron chi connectivity index (χ2n) is 4.08. The van der Waals surface area contributed by atoms with Crippen molar-refractivity contribution in [3.63, 3.8) is 0 Å². The summed E-state index contributed by atoms with van der Waals surface area (Å²) >= 11 is 0. The average molecular weight is 216 g/mol. The molecule has 1 N–H and O–H groups in total. The first-order valence-electron chi connectivity index (χ1n) is 6.23. The summed E-state index contributed by atoms with van der Waals surface area (Å²) in [5, 5.41) is 8.87. The molecule has 1 unspecified atom stereocenters. The zero-order valence-corrected chi connectivity index (χ0v) is 10.00. The zero-order chi connectivity index (χ0) is 11.1. The van der Waals surface area contributed by atoms with Gasteiger partial charge in [-0.25, -0.2) is 0 Å². The van der Waals surface area contributed by atoms with E-state index in [4.69, 9.17) is 14.6 Å². The summed E-state index contributed by atoms with van der Waals surface area (Å²) in [6.45, 7) is 5.78. The van der Waals surface area contributed by atoms with E-state index in [1.807, 2.05) is 13.8 Å². The second kappa shape index (κ2) is 6.46. The van der Waals surface area contributed by atoms with Crippen LogP contribution in [0.4, 0.5) is 0 Å². The van der Waals surface area contributed by atoms with Crippen molar-refractivity contribution >= 4 is 0 Å². The summed E-state index contributed by atoms with van der Waals surface area (Å²) in [7, 11) is 0. The molecular weight excluding hydrogens is 192 g/mol. The molecule has 3 nitrogen and oxygen atoms in total. The van der Waals surface area contributed by atoms with E-state index < -0.39 is 0 Å². The van der Waals surface area contributed by atoms with Crippen LogP contribution in [0, 0.1) is 5.92 Å². The Labute approximate surface area is 92.8 Å². The SMILES string of the molecule is CC.OCCC1CCCC2(C1)OCCO2. The minimum atomic E-state index is -0.266. The topological polar surface area (TPSA) is 38.7 Å². The summed E-state index contributed by atoms with van der Waals surface area (Å²) in [4.78, 5) is 0. The highest BCUT2D eigenvalue weighted by Crippen LogP contribution is 2.39. The van der Waals surface area contributed by atoms with E-state index in [2.05, 4.69) is 0 Å². The van der Waals surface area contributed by atoms with E-state index in [1.54, 1.807) is 0 Å². The van der Waals surface area contributed by atoms with E-state index in [-0.39, 0.29) is 5.79 Å². The standard InChI is InChI=1S/C10H18O3.C2H6/c11-5-3-9-2-1-4-10(8-9)12-6-7-13-10;1-2/h9,11H,1-8H2;1-2H3. The zero-order valence-electron chi connectivity index (χ0n) is 10.00. The molecule has 90 valence electrons. The van der Waals surface area contributed by atoms with Crippen molar-refractivity contribution in [2.24, 2.45) is 5.92 Å². The molecule has 3 heteroatoms. The molecule has 1 saturated heterocycles. The Morgan fingerprint density at radius 2 is 1.93 bits per heavy atom. The molecule has 15 heavy (non-hydrogen) atoms. The predicted octanol–water partition coefficient (Wildman–Crippen LogP) is 2.33. The van der Waals surface area contributed by atoms with Gasteiger partial charge in [0.15, 0.2) is 5.79 Å². The van der Waals surface area contributed by atoms with Crippen LogP contribution >= 0.6 is 0 Å². The molecule has 1 aliphatic heterocycles. The summed E-state index contributed by atoms with van der Waals surface area (Å²) in [5.74, 6) is 0.329. The fourth-order valence-corrected chi connectivity index (χ4v) is 2.49. The van der Waals surface area contributed by atoms with E-state index in [0.29, 0.717) is 12.5 Å². The molecule has 0 amide bonds. The lowest BCUT2D eigenvalue weighted by molar-refractivity contribution is -0.187. The van der Waals surface area contributed by atoms with Crippen molar-refractivity contribution in [2.45, 2.75) is 51.7 Å². The van der Waals surface area contributed by atoms with Gasteiger partial charge < -0.3 is 14.6 Å². The molecule has 2 aliphatic rings. The fourth-order valence-electron chi connectivity index (χ4n) is 2.49. The Balaban J connectivity index is 0.000000531. The first-order valence-corrected chi connectivity index (χ1v) is 6.23. The monoisotopic (exact) mass is 216 g/mol. The van der Waals surface area contributed by atoms with Crippen molar-refractivity contribution in [1.29, 1.82) is 0 Å². The molecule has 1 spiro atoms. The van der Waals surface area contributed by atoms with Crippen LogP contribution in [0.25, 0.3) is 0 Å². The molecule has 2 fully saturated rings. The van der Waals surface area contributed by atoms with Crippen LogP contribution in [-0.4, -0.2) is 30.7 Å². The number of hydrogen-bond donors (Lipinski definition) is 1. The van der Waals surface area contributed by atoms with Gasteiger partial charge in [-0.15, -0.1) is 0 Å². The summed E-state index contributed by atoms with van der Waals surface area (Å²) in [6, 6.07) is 0. The van der Waals surface area contributed by atoms with Gasteiger partial charge in [0.25, 0.3) is 0 Å². The molecule has 0 bridgehead atoms. The van der Waals surface area contributed by atoms with Crippen molar-refractivity contribution in [3.8, 4) is 0 Å². The number of ether oxygens (including phenoxy) is 2. The van der Waals surface area contributed by atoms with Crippen molar-refractivity contribution in [3.05, 3.63) is 0 Å². The molecular formula is C12H24O3. The van der Waals surface area contributed by atoms with E-state index >= 15 is 0 Å². The normalized spacial score (nSPS) is 28.6. The summed E-state index contributed by atoms with van der Waals surface area (Å²) in [6.07, 6.45) is 5.30. The molecule has 1 heterocycles. The Morgan fingerprint density at radius 1 is 1.27 bits per heavy atom. The highest BCUT2D eigenvalue weighted by molar-refractivity contribution is 4.83. The highest BCUT2D eigenvalue weighted by Gasteiger charge is 2.40. The van der Waals surface area contributed by atoms with Gasteiger partial charge in [-0.3, -0.25) is 0 Å². The third-order valence-electron chi connectivity index (χ3n) is 3.12. The quantitative estimate of drug-likeness (QED) is 0.770. The number of hydrogen-bond acceptors (Lipinski definition) is 3. The highest BCUT2D eigenvalue weighted by atomic mass is 16.7. The maximum Gasteiger partial charge on any atom is 0.168 e. The van der Waals surface area contributed by atoms with Gasteiger partial charge in [0.1, 0.15) is 0 Å². The molecule has 0 radical (unpaired) electrons. The molecule has 1 atom stereocenters. The molecule has 0 aromatic carbocycles. The van der Waals surface area contributed by atoms with Crippen LogP contribution in [0.2, 0.25) is 0 Å². The van der Waals surface area contributed by atoms with Gasteiger partial charge in [-0.1, -0.05) is 13.8 Å². The smallest absolute Gasteiger partial charge is 0.168 e. The number of aliphatic hydroxyl groups excluding tert-OH is 1. The van der Waals surface area contributed by atoms with Crippen molar-refractivity contribution in [2.75, 3.05) is 19.8 Å². The van der Waals surface area contributed by atoms with Gasteiger partial charge >= 0.3 is 0 Å². The van der Waals surface area contributed by atoms with Crippen LogP contribution < -0.4 is 0 Å². The van der Waals surface area contributed by atoms with Crippen molar-refractivity contribution < 1.29 is 14.6 Å². The van der Waals surface area contributed by atoms with Gasteiger partial charge in [-0.2, -0.15) is 0 Å².